The highest BCUT2D eigenvalue weighted by molar-refractivity contribution is 6.06. The summed E-state index contributed by atoms with van der Waals surface area (Å²) in [6.45, 7) is 0.204. The molecule has 160 valence electrons. The van der Waals surface area contributed by atoms with Crippen molar-refractivity contribution in [2.24, 2.45) is 5.92 Å². The van der Waals surface area contributed by atoms with Crippen LogP contribution in [-0.2, 0) is 11.4 Å². The third kappa shape index (κ3) is 4.34. The van der Waals surface area contributed by atoms with E-state index in [0.29, 0.717) is 28.3 Å². The molecular weight excluding hydrogens is 404 g/mol. The number of amides is 2. The number of furan rings is 1. The maximum absolute atomic E-state index is 13.0. The summed E-state index contributed by atoms with van der Waals surface area (Å²) in [4.78, 5) is 25.0. The zero-order valence-corrected chi connectivity index (χ0v) is 17.3. The molecule has 6 nitrogen and oxygen atoms in total. The number of para-hydroxylation sites is 2. The fourth-order valence-electron chi connectivity index (χ4n) is 3.51. The highest BCUT2D eigenvalue weighted by Crippen LogP contribution is 2.31. The molecule has 4 aromatic rings. The van der Waals surface area contributed by atoms with Crippen molar-refractivity contribution in [3.05, 3.63) is 90.2 Å². The Balaban J connectivity index is 1.34. The Kier molecular flexibility index (Phi) is 5.34. The van der Waals surface area contributed by atoms with Gasteiger partial charge in [0.25, 0.3) is 5.91 Å². The number of hydrogen-bond donors (Lipinski definition) is 2. The molecule has 0 radical (unpaired) electrons. The number of rotatable bonds is 7. The molecular formula is C26H22N2O4. The summed E-state index contributed by atoms with van der Waals surface area (Å²) in [5.74, 6) is 0.759. The van der Waals surface area contributed by atoms with E-state index in [2.05, 4.69) is 10.6 Å². The molecule has 1 aliphatic carbocycles. The molecule has 1 fully saturated rings. The molecule has 32 heavy (non-hydrogen) atoms. The number of benzene rings is 3. The fourth-order valence-corrected chi connectivity index (χ4v) is 3.51. The van der Waals surface area contributed by atoms with Crippen molar-refractivity contribution in [3.8, 4) is 5.75 Å². The van der Waals surface area contributed by atoms with Gasteiger partial charge in [0.15, 0.2) is 5.76 Å². The first-order chi connectivity index (χ1) is 15.7. The van der Waals surface area contributed by atoms with Crippen molar-refractivity contribution in [2.45, 2.75) is 19.4 Å². The van der Waals surface area contributed by atoms with Gasteiger partial charge in [0.2, 0.25) is 5.91 Å². The summed E-state index contributed by atoms with van der Waals surface area (Å²) in [6.07, 6.45) is 1.90. The van der Waals surface area contributed by atoms with Gasteiger partial charge >= 0.3 is 0 Å². The number of carbonyl (C=O) groups is 2. The SMILES string of the molecule is O=C(Nc1ccc(NC(=O)C2CC2)cc1)c1oc2ccccc2c1COc1ccccc1. The minimum atomic E-state index is -0.359. The lowest BCUT2D eigenvalue weighted by atomic mass is 10.1. The van der Waals surface area contributed by atoms with Crippen LogP contribution in [-0.4, -0.2) is 11.8 Å². The minimum Gasteiger partial charge on any atom is -0.489 e. The summed E-state index contributed by atoms with van der Waals surface area (Å²) in [5, 5.41) is 6.60. The molecule has 3 aromatic carbocycles. The molecule has 1 aromatic heterocycles. The van der Waals surface area contributed by atoms with E-state index in [9.17, 15) is 9.59 Å². The van der Waals surface area contributed by atoms with Crippen molar-refractivity contribution in [3.63, 3.8) is 0 Å². The predicted molar refractivity (Wildman–Crippen MR) is 123 cm³/mol. The molecule has 5 rings (SSSR count). The molecule has 0 spiro atoms. The van der Waals surface area contributed by atoms with Gasteiger partial charge in [-0.1, -0.05) is 36.4 Å². The number of ether oxygens (including phenoxy) is 1. The molecule has 1 heterocycles. The Morgan fingerprint density at radius 3 is 2.22 bits per heavy atom. The zero-order valence-electron chi connectivity index (χ0n) is 17.3. The number of carbonyl (C=O) groups excluding carboxylic acids is 2. The van der Waals surface area contributed by atoms with Crippen LogP contribution in [0.1, 0.15) is 29.0 Å². The van der Waals surface area contributed by atoms with E-state index in [1.54, 1.807) is 24.3 Å². The average molecular weight is 426 g/mol. The molecule has 6 heteroatoms. The van der Waals surface area contributed by atoms with E-state index >= 15 is 0 Å². The van der Waals surface area contributed by atoms with Gasteiger partial charge in [-0.3, -0.25) is 9.59 Å². The van der Waals surface area contributed by atoms with Crippen molar-refractivity contribution < 1.29 is 18.7 Å². The molecule has 0 saturated heterocycles. The topological polar surface area (TPSA) is 80.6 Å². The average Bonchev–Trinajstić information content (AvgIpc) is 3.61. The second-order valence-electron chi connectivity index (χ2n) is 7.80. The smallest absolute Gasteiger partial charge is 0.291 e. The first kappa shape index (κ1) is 19.9. The maximum atomic E-state index is 13.0. The van der Waals surface area contributed by atoms with Crippen LogP contribution in [0.3, 0.4) is 0 Å². The van der Waals surface area contributed by atoms with Crippen LogP contribution in [0.25, 0.3) is 11.0 Å². The molecule has 0 aliphatic heterocycles. The Morgan fingerprint density at radius 1 is 0.844 bits per heavy atom. The van der Waals surface area contributed by atoms with Gasteiger partial charge in [-0.05, 0) is 55.3 Å². The Bertz CT molecular complexity index is 1260. The van der Waals surface area contributed by atoms with Crippen molar-refractivity contribution in [2.75, 3.05) is 10.6 Å². The van der Waals surface area contributed by atoms with Crippen molar-refractivity contribution in [1.82, 2.24) is 0 Å². The highest BCUT2D eigenvalue weighted by atomic mass is 16.5. The summed E-state index contributed by atoms with van der Waals surface area (Å²) >= 11 is 0. The van der Waals surface area contributed by atoms with E-state index < -0.39 is 0 Å². The molecule has 1 aliphatic rings. The van der Waals surface area contributed by atoms with Crippen LogP contribution in [0.2, 0.25) is 0 Å². The van der Waals surface area contributed by atoms with Gasteiger partial charge in [-0.15, -0.1) is 0 Å². The van der Waals surface area contributed by atoms with Crippen LogP contribution in [0, 0.1) is 5.92 Å². The Labute approximate surface area is 185 Å². The third-order valence-corrected chi connectivity index (χ3v) is 5.39. The monoisotopic (exact) mass is 426 g/mol. The number of nitrogens with one attached hydrogen (secondary N) is 2. The van der Waals surface area contributed by atoms with E-state index in [4.69, 9.17) is 9.15 Å². The molecule has 2 amide bonds. The molecule has 0 bridgehead atoms. The first-order valence-electron chi connectivity index (χ1n) is 10.6. The van der Waals surface area contributed by atoms with Gasteiger partial charge in [0.05, 0.1) is 0 Å². The zero-order chi connectivity index (χ0) is 21.9. The van der Waals surface area contributed by atoms with Gasteiger partial charge < -0.3 is 19.8 Å². The Morgan fingerprint density at radius 2 is 1.50 bits per heavy atom. The van der Waals surface area contributed by atoms with Crippen molar-refractivity contribution >= 4 is 34.2 Å². The van der Waals surface area contributed by atoms with Gasteiger partial charge in [-0.2, -0.15) is 0 Å². The van der Waals surface area contributed by atoms with E-state index in [0.717, 1.165) is 18.2 Å². The quantitative estimate of drug-likeness (QED) is 0.402. The fraction of sp³-hybridized carbons (Fsp3) is 0.154. The second kappa shape index (κ2) is 8.59. The molecule has 2 N–H and O–H groups in total. The normalized spacial score (nSPS) is 13.0. The summed E-state index contributed by atoms with van der Waals surface area (Å²) in [5.41, 5.74) is 2.63. The highest BCUT2D eigenvalue weighted by Gasteiger charge is 2.29. The maximum Gasteiger partial charge on any atom is 0.291 e. The molecule has 0 atom stereocenters. The van der Waals surface area contributed by atoms with E-state index in [1.807, 2.05) is 54.6 Å². The number of fused-ring (bicyclic) bond motifs is 1. The molecule has 0 unspecified atom stereocenters. The van der Waals surface area contributed by atoms with Crippen LogP contribution >= 0.6 is 0 Å². The van der Waals surface area contributed by atoms with Gasteiger partial charge in [0.1, 0.15) is 17.9 Å². The lowest BCUT2D eigenvalue weighted by Crippen LogP contribution is -2.15. The summed E-state index contributed by atoms with van der Waals surface area (Å²) < 4.78 is 11.8. The third-order valence-electron chi connectivity index (χ3n) is 5.39. The standard InChI is InChI=1S/C26H22N2O4/c29-25(17-10-11-17)27-18-12-14-19(15-13-18)28-26(30)24-22(16-31-20-6-2-1-3-7-20)21-8-4-5-9-23(21)32-24/h1-9,12-15,17H,10-11,16H2,(H,27,29)(H,28,30). The largest absolute Gasteiger partial charge is 0.489 e. The van der Waals surface area contributed by atoms with Gasteiger partial charge in [-0.25, -0.2) is 0 Å². The second-order valence-corrected chi connectivity index (χ2v) is 7.80. The number of anilines is 2. The summed E-state index contributed by atoms with van der Waals surface area (Å²) in [6, 6.07) is 24.0. The van der Waals surface area contributed by atoms with Crippen LogP contribution in [0.4, 0.5) is 11.4 Å². The Hall–Kier alpha value is -4.06. The van der Waals surface area contributed by atoms with Crippen molar-refractivity contribution in [1.29, 1.82) is 0 Å². The lowest BCUT2D eigenvalue weighted by molar-refractivity contribution is -0.117. The predicted octanol–water partition coefficient (Wildman–Crippen LogP) is 5.61. The van der Waals surface area contributed by atoms with E-state index in [1.165, 1.54) is 0 Å². The minimum absolute atomic E-state index is 0.0483. The number of hydrogen-bond acceptors (Lipinski definition) is 4. The van der Waals surface area contributed by atoms with Crippen LogP contribution < -0.4 is 15.4 Å². The first-order valence-corrected chi connectivity index (χ1v) is 10.6. The van der Waals surface area contributed by atoms with Crippen LogP contribution in [0.15, 0.2) is 83.3 Å². The lowest BCUT2D eigenvalue weighted by Gasteiger charge is -2.09. The molecule has 1 saturated carbocycles. The van der Waals surface area contributed by atoms with Crippen LogP contribution in [0.5, 0.6) is 5.75 Å². The van der Waals surface area contributed by atoms with E-state index in [-0.39, 0.29) is 30.1 Å². The van der Waals surface area contributed by atoms with Gasteiger partial charge in [0, 0.05) is 28.2 Å². The summed E-state index contributed by atoms with van der Waals surface area (Å²) in [7, 11) is 0.